The number of halogens is 1. The minimum Gasteiger partial charge on any atom is -0.478 e. The van der Waals surface area contributed by atoms with Crippen LogP contribution >= 0.6 is 0 Å². The van der Waals surface area contributed by atoms with E-state index in [1.165, 1.54) is 6.07 Å². The summed E-state index contributed by atoms with van der Waals surface area (Å²) in [4.78, 5) is 16.3. The lowest BCUT2D eigenvalue weighted by atomic mass is 9.97. The van der Waals surface area contributed by atoms with Gasteiger partial charge in [0.15, 0.2) is 0 Å². The third kappa shape index (κ3) is 3.18. The average molecular weight is 386 g/mol. The molecule has 2 aromatic carbocycles. The summed E-state index contributed by atoms with van der Waals surface area (Å²) in [6, 6.07) is 16.2. The summed E-state index contributed by atoms with van der Waals surface area (Å²) in [7, 11) is 0. The number of benzene rings is 2. The normalized spacial score (nSPS) is 13.7. The monoisotopic (exact) mass is 386 g/mol. The SMILES string of the molecule is O=C(O)c1cc(-c2cn(Cc3ccccc3F)c3ncccc23)ccc1C1CC1. The molecule has 1 aliphatic carbocycles. The van der Waals surface area contributed by atoms with Crippen molar-refractivity contribution in [3.8, 4) is 11.1 Å². The number of rotatable bonds is 5. The lowest BCUT2D eigenvalue weighted by molar-refractivity contribution is 0.0695. The zero-order valence-electron chi connectivity index (χ0n) is 15.7. The number of hydrogen-bond donors (Lipinski definition) is 1. The molecule has 1 aliphatic rings. The minimum atomic E-state index is -0.901. The average Bonchev–Trinajstić information content (AvgIpc) is 3.52. The highest BCUT2D eigenvalue weighted by Crippen LogP contribution is 2.43. The van der Waals surface area contributed by atoms with Crippen LogP contribution in [0, 0.1) is 5.82 Å². The maximum atomic E-state index is 14.2. The van der Waals surface area contributed by atoms with E-state index in [0.717, 1.165) is 40.6 Å². The molecule has 2 heterocycles. The Hall–Kier alpha value is -3.47. The van der Waals surface area contributed by atoms with Crippen molar-refractivity contribution in [1.82, 2.24) is 9.55 Å². The second kappa shape index (κ2) is 6.85. The quantitative estimate of drug-likeness (QED) is 0.495. The Kier molecular flexibility index (Phi) is 4.16. The van der Waals surface area contributed by atoms with E-state index in [4.69, 9.17) is 0 Å². The number of carboxylic acid groups (broad SMARTS) is 1. The summed E-state index contributed by atoms with van der Waals surface area (Å²) < 4.78 is 16.1. The maximum Gasteiger partial charge on any atom is 0.335 e. The zero-order chi connectivity index (χ0) is 20.0. The molecule has 4 aromatic rings. The smallest absolute Gasteiger partial charge is 0.335 e. The van der Waals surface area contributed by atoms with Crippen molar-refractivity contribution in [2.75, 3.05) is 0 Å². The maximum absolute atomic E-state index is 14.2. The van der Waals surface area contributed by atoms with Gasteiger partial charge in [0.2, 0.25) is 0 Å². The molecule has 0 amide bonds. The summed E-state index contributed by atoms with van der Waals surface area (Å²) in [5, 5.41) is 10.6. The molecule has 4 nitrogen and oxygen atoms in total. The Balaban J connectivity index is 1.64. The molecule has 0 unspecified atom stereocenters. The molecular formula is C24H19FN2O2. The molecule has 0 spiro atoms. The second-order valence-electron chi connectivity index (χ2n) is 7.52. The summed E-state index contributed by atoms with van der Waals surface area (Å²) in [6.07, 6.45) is 5.74. The van der Waals surface area contributed by atoms with Crippen molar-refractivity contribution >= 4 is 17.0 Å². The van der Waals surface area contributed by atoms with E-state index in [1.807, 2.05) is 41.1 Å². The van der Waals surface area contributed by atoms with Crippen molar-refractivity contribution in [3.05, 3.63) is 89.5 Å². The molecule has 1 N–H and O–H groups in total. The molecule has 0 radical (unpaired) electrons. The van der Waals surface area contributed by atoms with Crippen molar-refractivity contribution in [2.45, 2.75) is 25.3 Å². The van der Waals surface area contributed by atoms with Gasteiger partial charge in [0.25, 0.3) is 0 Å². The summed E-state index contributed by atoms with van der Waals surface area (Å²) in [6.45, 7) is 0.353. The molecule has 0 saturated heterocycles. The number of nitrogens with zero attached hydrogens (tertiary/aromatic N) is 2. The van der Waals surface area contributed by atoms with Gasteiger partial charge in [0, 0.05) is 28.9 Å². The van der Waals surface area contributed by atoms with Crippen LogP contribution in [-0.2, 0) is 6.54 Å². The standard InChI is InChI=1S/C24H19FN2O2/c25-22-6-2-1-4-17(22)13-27-14-21(19-5-3-11-26-23(19)27)16-9-10-18(15-7-8-15)20(12-16)24(28)29/h1-6,9-12,14-15H,7-8,13H2,(H,28,29). The topological polar surface area (TPSA) is 55.1 Å². The third-order valence-electron chi connectivity index (χ3n) is 5.54. The van der Waals surface area contributed by atoms with Crippen molar-refractivity contribution in [2.24, 2.45) is 0 Å². The lowest BCUT2D eigenvalue weighted by Gasteiger charge is -2.08. The Morgan fingerprint density at radius 2 is 1.97 bits per heavy atom. The first-order chi connectivity index (χ1) is 14.1. The molecule has 1 fully saturated rings. The molecule has 144 valence electrons. The van der Waals surface area contributed by atoms with Gasteiger partial charge in [-0.15, -0.1) is 0 Å². The van der Waals surface area contributed by atoms with Crippen molar-refractivity contribution in [1.29, 1.82) is 0 Å². The van der Waals surface area contributed by atoms with Crippen LogP contribution in [0.4, 0.5) is 4.39 Å². The van der Waals surface area contributed by atoms with Crippen LogP contribution in [-0.4, -0.2) is 20.6 Å². The number of pyridine rings is 1. The lowest BCUT2D eigenvalue weighted by Crippen LogP contribution is -2.02. The molecular weight excluding hydrogens is 367 g/mol. The highest BCUT2D eigenvalue weighted by molar-refractivity contribution is 5.97. The molecule has 0 atom stereocenters. The van der Waals surface area contributed by atoms with Crippen LogP contribution in [0.2, 0.25) is 0 Å². The van der Waals surface area contributed by atoms with E-state index in [2.05, 4.69) is 4.98 Å². The van der Waals surface area contributed by atoms with Gasteiger partial charge in [-0.3, -0.25) is 0 Å². The number of hydrogen-bond acceptors (Lipinski definition) is 2. The predicted molar refractivity (Wildman–Crippen MR) is 110 cm³/mol. The van der Waals surface area contributed by atoms with Crippen LogP contribution in [0.15, 0.2) is 67.0 Å². The largest absolute Gasteiger partial charge is 0.478 e. The van der Waals surface area contributed by atoms with Gasteiger partial charge in [0.05, 0.1) is 12.1 Å². The predicted octanol–water partition coefficient (Wildman–Crippen LogP) is 5.47. The van der Waals surface area contributed by atoms with Crippen LogP contribution in [0.1, 0.15) is 40.2 Å². The first kappa shape index (κ1) is 17.6. The highest BCUT2D eigenvalue weighted by Gasteiger charge is 2.28. The molecule has 5 rings (SSSR count). The molecule has 5 heteroatoms. The fourth-order valence-corrected chi connectivity index (χ4v) is 3.94. The number of carbonyl (C=O) groups is 1. The minimum absolute atomic E-state index is 0.256. The molecule has 0 bridgehead atoms. The van der Waals surface area contributed by atoms with Crippen molar-refractivity contribution in [3.63, 3.8) is 0 Å². The van der Waals surface area contributed by atoms with Crippen LogP contribution < -0.4 is 0 Å². The van der Waals surface area contributed by atoms with E-state index in [0.29, 0.717) is 23.6 Å². The Morgan fingerprint density at radius 1 is 1.14 bits per heavy atom. The van der Waals surface area contributed by atoms with Crippen LogP contribution in [0.3, 0.4) is 0 Å². The van der Waals surface area contributed by atoms with Gasteiger partial charge in [-0.2, -0.15) is 0 Å². The summed E-state index contributed by atoms with van der Waals surface area (Å²) >= 11 is 0. The Bertz CT molecular complexity index is 1240. The third-order valence-corrected chi connectivity index (χ3v) is 5.54. The van der Waals surface area contributed by atoms with Gasteiger partial charge in [0.1, 0.15) is 11.5 Å². The van der Waals surface area contributed by atoms with Gasteiger partial charge < -0.3 is 9.67 Å². The summed E-state index contributed by atoms with van der Waals surface area (Å²) in [5.41, 5.74) is 4.33. The first-order valence-electron chi connectivity index (χ1n) is 9.66. The van der Waals surface area contributed by atoms with Crippen molar-refractivity contribution < 1.29 is 14.3 Å². The van der Waals surface area contributed by atoms with Gasteiger partial charge in [-0.05, 0) is 54.2 Å². The molecule has 2 aromatic heterocycles. The number of carboxylic acids is 1. The fourth-order valence-electron chi connectivity index (χ4n) is 3.94. The van der Waals surface area contributed by atoms with Gasteiger partial charge in [-0.1, -0.05) is 30.3 Å². The van der Waals surface area contributed by atoms with E-state index in [1.54, 1.807) is 24.4 Å². The molecule has 29 heavy (non-hydrogen) atoms. The van der Waals surface area contributed by atoms with E-state index in [-0.39, 0.29) is 5.82 Å². The summed E-state index contributed by atoms with van der Waals surface area (Å²) in [5.74, 6) is -0.796. The van der Waals surface area contributed by atoms with Crippen LogP contribution in [0.25, 0.3) is 22.2 Å². The number of fused-ring (bicyclic) bond motifs is 1. The number of aromatic nitrogens is 2. The Labute approximate surface area is 167 Å². The van der Waals surface area contributed by atoms with E-state index >= 15 is 0 Å². The first-order valence-corrected chi connectivity index (χ1v) is 9.66. The highest BCUT2D eigenvalue weighted by atomic mass is 19.1. The van der Waals surface area contributed by atoms with E-state index in [9.17, 15) is 14.3 Å². The molecule has 0 aliphatic heterocycles. The second-order valence-corrected chi connectivity index (χ2v) is 7.52. The van der Waals surface area contributed by atoms with E-state index < -0.39 is 5.97 Å². The number of aromatic carboxylic acids is 1. The zero-order valence-corrected chi connectivity index (χ0v) is 15.7. The van der Waals surface area contributed by atoms with Gasteiger partial charge >= 0.3 is 5.97 Å². The molecule has 1 saturated carbocycles. The fraction of sp³-hybridized carbons (Fsp3) is 0.167. The van der Waals surface area contributed by atoms with Gasteiger partial charge in [-0.25, -0.2) is 14.2 Å². The van der Waals surface area contributed by atoms with Crippen LogP contribution in [0.5, 0.6) is 0 Å². The Morgan fingerprint density at radius 3 is 2.72 bits per heavy atom.